The first-order chi connectivity index (χ1) is 8.58. The van der Waals surface area contributed by atoms with Crippen molar-refractivity contribution >= 4 is 23.4 Å². The molecule has 0 aliphatic carbocycles. The number of hydrogen-bond acceptors (Lipinski definition) is 5. The van der Waals surface area contributed by atoms with Crippen LogP contribution in [0.25, 0.3) is 0 Å². The van der Waals surface area contributed by atoms with Gasteiger partial charge in [0.05, 0.1) is 0 Å². The third kappa shape index (κ3) is 4.37. The van der Waals surface area contributed by atoms with E-state index in [0.29, 0.717) is 11.9 Å². The van der Waals surface area contributed by atoms with Crippen LogP contribution in [0, 0.1) is 0 Å². The lowest BCUT2D eigenvalue weighted by molar-refractivity contribution is 0.658. The molecule has 0 spiro atoms. The van der Waals surface area contributed by atoms with Crippen LogP contribution < -0.4 is 10.6 Å². The van der Waals surface area contributed by atoms with E-state index in [-0.39, 0.29) is 0 Å². The quantitative estimate of drug-likeness (QED) is 0.823. The predicted molar refractivity (Wildman–Crippen MR) is 81.3 cm³/mol. The highest BCUT2D eigenvalue weighted by Gasteiger charge is 2.12. The number of aryl methyl sites for hydroxylation is 1. The normalized spacial score (nSPS) is 12.4. The van der Waals surface area contributed by atoms with Gasteiger partial charge in [0, 0.05) is 25.6 Å². The Morgan fingerprint density at radius 3 is 2.78 bits per heavy atom. The fraction of sp³-hybridized carbons (Fsp3) is 0.692. The molecule has 0 aliphatic rings. The molecular weight excluding hydrogens is 244 g/mol. The maximum absolute atomic E-state index is 5.85. The summed E-state index contributed by atoms with van der Waals surface area (Å²) in [6.07, 6.45) is 5.19. The molecule has 1 rings (SSSR count). The van der Waals surface area contributed by atoms with Crippen molar-refractivity contribution in [1.29, 1.82) is 0 Å². The lowest BCUT2D eigenvalue weighted by Gasteiger charge is -2.26. The van der Waals surface area contributed by atoms with Gasteiger partial charge in [-0.3, -0.25) is 0 Å². The summed E-state index contributed by atoms with van der Waals surface area (Å²) in [6.45, 7) is 4.34. The Bertz CT molecular complexity index is 370. The highest BCUT2D eigenvalue weighted by atomic mass is 32.2. The molecule has 0 fully saturated rings. The van der Waals surface area contributed by atoms with Gasteiger partial charge in [-0.05, 0) is 31.8 Å². The second-order valence-corrected chi connectivity index (χ2v) is 5.54. The molecule has 2 N–H and O–H groups in total. The van der Waals surface area contributed by atoms with Crippen LogP contribution in [0.2, 0.25) is 0 Å². The Hall–Kier alpha value is -0.970. The molecule has 1 aromatic rings. The molecule has 0 aromatic carbocycles. The molecule has 1 atom stereocenters. The molecule has 0 saturated heterocycles. The van der Waals surface area contributed by atoms with Gasteiger partial charge in [-0.25, -0.2) is 9.97 Å². The van der Waals surface area contributed by atoms with Crippen molar-refractivity contribution in [3.63, 3.8) is 0 Å². The van der Waals surface area contributed by atoms with Crippen molar-refractivity contribution < 1.29 is 0 Å². The average Bonchev–Trinajstić information content (AvgIpc) is 2.34. The minimum Gasteiger partial charge on any atom is -0.384 e. The third-order valence-corrected chi connectivity index (χ3v) is 3.66. The van der Waals surface area contributed by atoms with E-state index in [9.17, 15) is 0 Å². The zero-order chi connectivity index (χ0) is 13.5. The van der Waals surface area contributed by atoms with Gasteiger partial charge in [0.25, 0.3) is 0 Å². The van der Waals surface area contributed by atoms with Crippen LogP contribution in [0.3, 0.4) is 0 Å². The minimum absolute atomic E-state index is 0.459. The number of aromatic nitrogens is 2. The van der Waals surface area contributed by atoms with Gasteiger partial charge in [-0.15, -0.1) is 0 Å². The highest BCUT2D eigenvalue weighted by Crippen LogP contribution is 2.17. The molecule has 0 aliphatic heterocycles. The van der Waals surface area contributed by atoms with Gasteiger partial charge in [-0.2, -0.15) is 11.8 Å². The lowest BCUT2D eigenvalue weighted by Crippen LogP contribution is -2.30. The minimum atomic E-state index is 0.459. The molecule has 5 heteroatoms. The topological polar surface area (TPSA) is 55.0 Å². The van der Waals surface area contributed by atoms with Crippen LogP contribution in [0.4, 0.5) is 11.6 Å². The molecule has 4 nitrogen and oxygen atoms in total. The van der Waals surface area contributed by atoms with Gasteiger partial charge < -0.3 is 10.6 Å². The molecule has 18 heavy (non-hydrogen) atoms. The SMILES string of the molecule is CCCc1nc(N)cc(N(C)C(C)CCSC)n1. The number of rotatable bonds is 7. The standard InChI is InChI=1S/C13H24N4S/c1-5-6-12-15-11(14)9-13(16-12)17(3)10(2)7-8-18-4/h9-10H,5-8H2,1-4H3,(H2,14,15,16). The molecular formula is C13H24N4S. The van der Waals surface area contributed by atoms with Gasteiger partial charge in [0.15, 0.2) is 0 Å². The van der Waals surface area contributed by atoms with E-state index in [1.807, 2.05) is 17.8 Å². The predicted octanol–water partition coefficient (Wildman–Crippen LogP) is 2.59. The number of nitrogens with two attached hydrogens (primary N) is 1. The second-order valence-electron chi connectivity index (χ2n) is 4.56. The summed E-state index contributed by atoms with van der Waals surface area (Å²) >= 11 is 1.87. The van der Waals surface area contributed by atoms with Crippen LogP contribution >= 0.6 is 11.8 Å². The summed E-state index contributed by atoms with van der Waals surface area (Å²) in [7, 11) is 2.07. The summed E-state index contributed by atoms with van der Waals surface area (Å²) < 4.78 is 0. The first kappa shape index (κ1) is 15.1. The number of anilines is 2. The lowest BCUT2D eigenvalue weighted by atomic mass is 10.2. The van der Waals surface area contributed by atoms with E-state index < -0.39 is 0 Å². The van der Waals surface area contributed by atoms with E-state index in [0.717, 1.165) is 36.7 Å². The van der Waals surface area contributed by atoms with Crippen molar-refractivity contribution in [2.45, 2.75) is 39.2 Å². The van der Waals surface area contributed by atoms with Crippen LogP contribution in [-0.2, 0) is 6.42 Å². The fourth-order valence-corrected chi connectivity index (χ4v) is 2.30. The molecule has 1 unspecified atom stereocenters. The molecule has 0 amide bonds. The first-order valence-corrected chi connectivity index (χ1v) is 7.83. The number of hydrogen-bond donors (Lipinski definition) is 1. The smallest absolute Gasteiger partial charge is 0.134 e. The Morgan fingerprint density at radius 1 is 1.44 bits per heavy atom. The van der Waals surface area contributed by atoms with Crippen molar-refractivity contribution in [2.75, 3.05) is 29.7 Å². The monoisotopic (exact) mass is 268 g/mol. The Kier molecular flexibility index (Phi) is 6.25. The second kappa shape index (κ2) is 7.46. The van der Waals surface area contributed by atoms with Crippen molar-refractivity contribution in [1.82, 2.24) is 9.97 Å². The maximum Gasteiger partial charge on any atom is 0.134 e. The summed E-state index contributed by atoms with van der Waals surface area (Å²) in [4.78, 5) is 11.0. The Morgan fingerprint density at radius 2 is 2.17 bits per heavy atom. The molecule has 0 radical (unpaired) electrons. The van der Waals surface area contributed by atoms with E-state index in [4.69, 9.17) is 5.73 Å². The van der Waals surface area contributed by atoms with Gasteiger partial charge in [-0.1, -0.05) is 6.92 Å². The summed E-state index contributed by atoms with van der Waals surface area (Å²) in [5.74, 6) is 3.50. The van der Waals surface area contributed by atoms with Crippen LogP contribution in [0.5, 0.6) is 0 Å². The molecule has 102 valence electrons. The number of nitrogen functional groups attached to an aromatic ring is 1. The highest BCUT2D eigenvalue weighted by molar-refractivity contribution is 7.98. The number of thioether (sulfide) groups is 1. The molecule has 1 aromatic heterocycles. The van der Waals surface area contributed by atoms with E-state index in [1.54, 1.807) is 0 Å². The molecule has 0 bridgehead atoms. The van der Waals surface area contributed by atoms with Crippen molar-refractivity contribution in [3.8, 4) is 0 Å². The first-order valence-electron chi connectivity index (χ1n) is 6.43. The Balaban J connectivity index is 2.80. The molecule has 0 saturated carbocycles. The van der Waals surface area contributed by atoms with Crippen LogP contribution in [0.1, 0.15) is 32.5 Å². The fourth-order valence-electron chi connectivity index (χ4n) is 1.73. The molecule has 1 heterocycles. The van der Waals surface area contributed by atoms with Crippen LogP contribution in [0.15, 0.2) is 6.07 Å². The van der Waals surface area contributed by atoms with Gasteiger partial charge in [0.2, 0.25) is 0 Å². The van der Waals surface area contributed by atoms with Crippen molar-refractivity contribution in [2.24, 2.45) is 0 Å². The third-order valence-electron chi connectivity index (χ3n) is 3.01. The van der Waals surface area contributed by atoms with Crippen molar-refractivity contribution in [3.05, 3.63) is 11.9 Å². The van der Waals surface area contributed by atoms with Crippen LogP contribution in [-0.4, -0.2) is 35.1 Å². The van der Waals surface area contributed by atoms with Gasteiger partial charge in [0.1, 0.15) is 17.5 Å². The van der Waals surface area contributed by atoms with E-state index in [1.165, 1.54) is 0 Å². The van der Waals surface area contributed by atoms with E-state index in [2.05, 4.69) is 42.0 Å². The summed E-state index contributed by atoms with van der Waals surface area (Å²) in [5, 5.41) is 0. The zero-order valence-electron chi connectivity index (χ0n) is 11.8. The number of nitrogens with zero attached hydrogens (tertiary/aromatic N) is 3. The maximum atomic E-state index is 5.85. The van der Waals surface area contributed by atoms with E-state index >= 15 is 0 Å². The zero-order valence-corrected chi connectivity index (χ0v) is 12.6. The summed E-state index contributed by atoms with van der Waals surface area (Å²) in [5.41, 5.74) is 5.85. The Labute approximate surface area is 114 Å². The average molecular weight is 268 g/mol. The van der Waals surface area contributed by atoms with Gasteiger partial charge >= 0.3 is 0 Å². The summed E-state index contributed by atoms with van der Waals surface area (Å²) in [6, 6.07) is 2.32. The largest absolute Gasteiger partial charge is 0.384 e.